The molecule has 17 heavy (non-hydrogen) atoms. The van der Waals surface area contributed by atoms with E-state index in [2.05, 4.69) is 49.0 Å². The fourth-order valence-corrected chi connectivity index (χ4v) is 2.42. The number of hydrogen-bond acceptors (Lipinski definition) is 2. The number of H-pyrrole nitrogens is 1. The largest absolute Gasteiger partial charge is 0.396 e. The van der Waals surface area contributed by atoms with Crippen molar-refractivity contribution in [3.63, 3.8) is 0 Å². The molecule has 0 fully saturated rings. The van der Waals surface area contributed by atoms with E-state index >= 15 is 0 Å². The zero-order chi connectivity index (χ0) is 12.0. The number of nitrogens with two attached hydrogens (primary N) is 1. The van der Waals surface area contributed by atoms with Crippen molar-refractivity contribution in [2.45, 2.75) is 0 Å². The third-order valence-electron chi connectivity index (χ3n) is 2.89. The Hall–Kier alpha value is -1.75. The van der Waals surface area contributed by atoms with Gasteiger partial charge in [-0.1, -0.05) is 22.0 Å². The molecule has 0 aliphatic heterocycles. The number of fused-ring (bicyclic) bond motifs is 1. The van der Waals surface area contributed by atoms with Gasteiger partial charge in [0, 0.05) is 34.2 Å². The van der Waals surface area contributed by atoms with Gasteiger partial charge in [0.25, 0.3) is 0 Å². The van der Waals surface area contributed by atoms with Gasteiger partial charge in [-0.3, -0.25) is 5.10 Å². The Kier molecular flexibility index (Phi) is 2.22. The molecule has 1 aromatic carbocycles. The normalized spacial score (nSPS) is 11.2. The predicted octanol–water partition coefficient (Wildman–Crippen LogP) is 2.91. The number of anilines is 1. The summed E-state index contributed by atoms with van der Waals surface area (Å²) in [4.78, 5) is 0. The van der Waals surface area contributed by atoms with E-state index in [-0.39, 0.29) is 0 Å². The summed E-state index contributed by atoms with van der Waals surface area (Å²) in [6.45, 7) is 0. The van der Waals surface area contributed by atoms with Gasteiger partial charge in [0.15, 0.2) is 0 Å². The molecular formula is C12H11BrN4. The van der Waals surface area contributed by atoms with Crippen molar-refractivity contribution in [2.75, 3.05) is 5.73 Å². The molecule has 2 aromatic heterocycles. The monoisotopic (exact) mass is 290 g/mol. The third kappa shape index (κ3) is 1.54. The molecule has 3 N–H and O–H groups in total. The molecule has 2 heterocycles. The molecule has 0 aliphatic carbocycles. The molecule has 0 bridgehead atoms. The Labute approximate surface area is 107 Å². The lowest BCUT2D eigenvalue weighted by Gasteiger charge is -1.98. The van der Waals surface area contributed by atoms with Gasteiger partial charge < -0.3 is 10.3 Å². The molecule has 0 saturated heterocycles. The first kappa shape index (κ1) is 10.4. The molecule has 0 amide bonds. The van der Waals surface area contributed by atoms with Crippen LogP contribution in [-0.4, -0.2) is 14.8 Å². The van der Waals surface area contributed by atoms with Gasteiger partial charge in [-0.25, -0.2) is 0 Å². The van der Waals surface area contributed by atoms with E-state index in [4.69, 9.17) is 5.73 Å². The summed E-state index contributed by atoms with van der Waals surface area (Å²) in [7, 11) is 2.02. The SMILES string of the molecule is Cn1cc(-c2[nH]ncc2N)c2ccc(Br)cc21. The summed E-state index contributed by atoms with van der Waals surface area (Å²) in [5, 5.41) is 8.06. The van der Waals surface area contributed by atoms with Gasteiger partial charge in [0.1, 0.15) is 0 Å². The Bertz CT molecular complexity index is 696. The zero-order valence-corrected chi connectivity index (χ0v) is 10.8. The molecule has 3 aromatic rings. The number of halogens is 1. The minimum absolute atomic E-state index is 0.667. The van der Waals surface area contributed by atoms with Gasteiger partial charge in [0.2, 0.25) is 0 Å². The minimum atomic E-state index is 0.667. The van der Waals surface area contributed by atoms with Crippen LogP contribution in [0.2, 0.25) is 0 Å². The van der Waals surface area contributed by atoms with Gasteiger partial charge in [-0.15, -0.1) is 0 Å². The molecule has 3 rings (SSSR count). The highest BCUT2D eigenvalue weighted by molar-refractivity contribution is 9.10. The van der Waals surface area contributed by atoms with Crippen LogP contribution in [0.5, 0.6) is 0 Å². The standard InChI is InChI=1S/C12H11BrN4/c1-17-6-9(12-10(14)5-15-16-12)8-3-2-7(13)4-11(8)17/h2-6H,14H2,1H3,(H,15,16). The van der Waals surface area contributed by atoms with Crippen LogP contribution in [0.25, 0.3) is 22.2 Å². The number of aromatic amines is 1. The average molecular weight is 291 g/mol. The highest BCUT2D eigenvalue weighted by atomic mass is 79.9. The van der Waals surface area contributed by atoms with E-state index in [1.807, 2.05) is 13.1 Å². The van der Waals surface area contributed by atoms with Crippen LogP contribution in [0.4, 0.5) is 5.69 Å². The van der Waals surface area contributed by atoms with Crippen molar-refractivity contribution < 1.29 is 0 Å². The maximum Gasteiger partial charge on any atom is 0.0901 e. The van der Waals surface area contributed by atoms with Crippen LogP contribution in [0.3, 0.4) is 0 Å². The Morgan fingerprint density at radius 3 is 2.94 bits per heavy atom. The fraction of sp³-hybridized carbons (Fsp3) is 0.0833. The van der Waals surface area contributed by atoms with Gasteiger partial charge in [-0.05, 0) is 12.1 Å². The lowest BCUT2D eigenvalue weighted by Crippen LogP contribution is -1.85. The lowest BCUT2D eigenvalue weighted by atomic mass is 10.1. The maximum atomic E-state index is 5.89. The van der Waals surface area contributed by atoms with Crippen molar-refractivity contribution in [3.05, 3.63) is 35.1 Å². The van der Waals surface area contributed by atoms with Crippen LogP contribution in [0.1, 0.15) is 0 Å². The molecule has 0 aliphatic rings. The Morgan fingerprint density at radius 2 is 2.24 bits per heavy atom. The van der Waals surface area contributed by atoms with Crippen molar-refractivity contribution in [1.29, 1.82) is 0 Å². The van der Waals surface area contributed by atoms with E-state index < -0.39 is 0 Å². The van der Waals surface area contributed by atoms with Crippen molar-refractivity contribution >= 4 is 32.5 Å². The van der Waals surface area contributed by atoms with Gasteiger partial charge in [0.05, 0.1) is 17.6 Å². The Morgan fingerprint density at radius 1 is 1.41 bits per heavy atom. The number of nitrogens with zero attached hydrogens (tertiary/aromatic N) is 2. The van der Waals surface area contributed by atoms with Crippen LogP contribution in [0.15, 0.2) is 35.1 Å². The first-order chi connectivity index (χ1) is 8.16. The van der Waals surface area contributed by atoms with Crippen molar-refractivity contribution in [2.24, 2.45) is 7.05 Å². The van der Waals surface area contributed by atoms with Crippen molar-refractivity contribution in [3.8, 4) is 11.3 Å². The Balaban J connectivity index is 2.35. The summed E-state index contributed by atoms with van der Waals surface area (Å²) in [5.74, 6) is 0. The predicted molar refractivity (Wildman–Crippen MR) is 72.6 cm³/mol. The molecule has 4 nitrogen and oxygen atoms in total. The number of aromatic nitrogens is 3. The van der Waals surface area contributed by atoms with Crippen LogP contribution in [0, 0.1) is 0 Å². The second kappa shape index (κ2) is 3.63. The second-order valence-corrected chi connectivity index (χ2v) is 4.93. The molecule has 5 heteroatoms. The smallest absolute Gasteiger partial charge is 0.0901 e. The number of nitrogens with one attached hydrogen (secondary N) is 1. The second-order valence-electron chi connectivity index (χ2n) is 4.02. The molecular weight excluding hydrogens is 280 g/mol. The molecule has 0 spiro atoms. The first-order valence-corrected chi connectivity index (χ1v) is 6.00. The summed E-state index contributed by atoms with van der Waals surface area (Å²) >= 11 is 3.48. The minimum Gasteiger partial charge on any atom is -0.396 e. The summed E-state index contributed by atoms with van der Waals surface area (Å²) in [5.41, 5.74) is 9.66. The van der Waals surface area contributed by atoms with E-state index in [1.54, 1.807) is 6.20 Å². The van der Waals surface area contributed by atoms with Crippen LogP contribution < -0.4 is 5.73 Å². The summed E-state index contributed by atoms with van der Waals surface area (Å²) in [6, 6.07) is 6.19. The topological polar surface area (TPSA) is 59.6 Å². The summed E-state index contributed by atoms with van der Waals surface area (Å²) in [6.07, 6.45) is 3.69. The quantitative estimate of drug-likeness (QED) is 0.724. The van der Waals surface area contributed by atoms with E-state index in [0.29, 0.717) is 5.69 Å². The first-order valence-electron chi connectivity index (χ1n) is 5.20. The van der Waals surface area contributed by atoms with Crippen LogP contribution >= 0.6 is 15.9 Å². The van der Waals surface area contributed by atoms with Gasteiger partial charge in [-0.2, -0.15) is 5.10 Å². The van der Waals surface area contributed by atoms with Crippen molar-refractivity contribution in [1.82, 2.24) is 14.8 Å². The van der Waals surface area contributed by atoms with Gasteiger partial charge >= 0.3 is 0 Å². The van der Waals surface area contributed by atoms with E-state index in [0.717, 1.165) is 26.6 Å². The van der Waals surface area contributed by atoms with E-state index in [1.165, 1.54) is 0 Å². The molecule has 0 radical (unpaired) electrons. The number of benzene rings is 1. The fourth-order valence-electron chi connectivity index (χ4n) is 2.07. The number of hydrogen-bond donors (Lipinski definition) is 2. The molecule has 0 saturated carbocycles. The lowest BCUT2D eigenvalue weighted by molar-refractivity contribution is 0.968. The number of aryl methyl sites for hydroxylation is 1. The highest BCUT2D eigenvalue weighted by Gasteiger charge is 2.12. The maximum absolute atomic E-state index is 5.89. The number of rotatable bonds is 1. The summed E-state index contributed by atoms with van der Waals surface area (Å²) < 4.78 is 3.14. The third-order valence-corrected chi connectivity index (χ3v) is 3.38. The molecule has 0 unspecified atom stereocenters. The molecule has 86 valence electrons. The highest BCUT2D eigenvalue weighted by Crippen LogP contribution is 2.33. The van der Waals surface area contributed by atoms with Crippen LogP contribution in [-0.2, 0) is 7.05 Å². The van der Waals surface area contributed by atoms with E-state index in [9.17, 15) is 0 Å². The molecule has 0 atom stereocenters. The number of nitrogen functional groups attached to an aromatic ring is 1. The zero-order valence-electron chi connectivity index (χ0n) is 9.24. The average Bonchev–Trinajstić information content (AvgIpc) is 2.84.